The number of ether oxygens (including phenoxy) is 1. The summed E-state index contributed by atoms with van der Waals surface area (Å²) in [6.45, 7) is 14.6. The number of likely N-dealkylation sites (N-methyl/N-ethyl adjacent to an activating group) is 1. The molecule has 0 fully saturated rings. The van der Waals surface area contributed by atoms with Crippen molar-refractivity contribution in [1.29, 1.82) is 0 Å². The first-order valence-electron chi connectivity index (χ1n) is 12.2. The number of carbonyl (C=O) groups excluding carboxylic acids is 1. The number of nitrogens with zero attached hydrogens (tertiary/aromatic N) is 2. The zero-order chi connectivity index (χ0) is 28.5. The summed E-state index contributed by atoms with van der Waals surface area (Å²) in [7, 11) is -3.62. The van der Waals surface area contributed by atoms with Gasteiger partial charge in [-0.15, -0.1) is 0 Å². The SMILES string of the molecule is [C-]#[N+]c1cn(-c2cc(NS(=O)(=O)CC)ccc2Oc2c(C)cc(F)cc2C)c2c(c1=O)CC(C(=O)NCC)=C2. The van der Waals surface area contributed by atoms with E-state index < -0.39 is 21.3 Å². The van der Waals surface area contributed by atoms with E-state index in [1.165, 1.54) is 37.4 Å². The van der Waals surface area contributed by atoms with E-state index in [9.17, 15) is 22.4 Å². The van der Waals surface area contributed by atoms with Gasteiger partial charge in [0.25, 0.3) is 0 Å². The van der Waals surface area contributed by atoms with Gasteiger partial charge in [-0.25, -0.2) is 17.7 Å². The molecule has 9 nitrogen and oxygen atoms in total. The highest BCUT2D eigenvalue weighted by Crippen LogP contribution is 2.37. The van der Waals surface area contributed by atoms with E-state index in [0.29, 0.717) is 40.4 Å². The summed E-state index contributed by atoms with van der Waals surface area (Å²) < 4.78 is 48.8. The van der Waals surface area contributed by atoms with Crippen LogP contribution < -0.4 is 20.2 Å². The number of hydrogen-bond acceptors (Lipinski definition) is 5. The summed E-state index contributed by atoms with van der Waals surface area (Å²) in [5.74, 6) is -0.231. The predicted octanol–water partition coefficient (Wildman–Crippen LogP) is 4.77. The van der Waals surface area contributed by atoms with Crippen LogP contribution in [0.4, 0.5) is 15.8 Å². The fraction of sp³-hybridized carbons (Fsp3) is 0.250. The van der Waals surface area contributed by atoms with Crippen molar-refractivity contribution in [3.8, 4) is 17.2 Å². The molecule has 0 bridgehead atoms. The summed E-state index contributed by atoms with van der Waals surface area (Å²) in [4.78, 5) is 29.0. The molecule has 202 valence electrons. The number of nitrogens with one attached hydrogen (secondary N) is 2. The van der Waals surface area contributed by atoms with Crippen LogP contribution in [0.1, 0.15) is 36.2 Å². The molecule has 2 N–H and O–H groups in total. The number of fused-ring (bicyclic) bond motifs is 1. The van der Waals surface area contributed by atoms with Crippen LogP contribution in [0, 0.1) is 26.2 Å². The van der Waals surface area contributed by atoms with Crippen LogP contribution in [0.15, 0.2) is 46.9 Å². The predicted molar refractivity (Wildman–Crippen MR) is 148 cm³/mol. The maximum absolute atomic E-state index is 13.9. The van der Waals surface area contributed by atoms with E-state index in [1.807, 2.05) is 0 Å². The molecule has 0 saturated heterocycles. The van der Waals surface area contributed by atoms with Gasteiger partial charge in [-0.05, 0) is 75.2 Å². The van der Waals surface area contributed by atoms with Crippen LogP contribution >= 0.6 is 0 Å². The Morgan fingerprint density at radius 3 is 2.49 bits per heavy atom. The van der Waals surface area contributed by atoms with E-state index in [0.717, 1.165) is 0 Å². The van der Waals surface area contributed by atoms with Crippen molar-refractivity contribution in [3.05, 3.63) is 91.9 Å². The normalized spacial score (nSPS) is 12.4. The molecule has 1 amide bonds. The Bertz CT molecular complexity index is 1710. The van der Waals surface area contributed by atoms with Gasteiger partial charge in [0, 0.05) is 30.3 Å². The molecule has 11 heteroatoms. The minimum atomic E-state index is -3.62. The number of benzene rings is 2. The molecule has 1 aliphatic carbocycles. The number of hydrogen-bond donors (Lipinski definition) is 2. The first kappa shape index (κ1) is 27.6. The van der Waals surface area contributed by atoms with Gasteiger partial charge in [0.2, 0.25) is 21.6 Å². The van der Waals surface area contributed by atoms with Gasteiger partial charge in [-0.3, -0.25) is 9.52 Å². The lowest BCUT2D eigenvalue weighted by atomic mass is 10.1. The summed E-state index contributed by atoms with van der Waals surface area (Å²) in [6.07, 6.45) is 2.96. The van der Waals surface area contributed by atoms with Gasteiger partial charge in [0.1, 0.15) is 11.6 Å². The smallest absolute Gasteiger partial charge is 0.249 e. The minimum absolute atomic E-state index is 0.0396. The number of amides is 1. The van der Waals surface area contributed by atoms with Gasteiger partial charge >= 0.3 is 0 Å². The molecule has 1 heterocycles. The number of aromatic nitrogens is 1. The summed E-state index contributed by atoms with van der Waals surface area (Å²) in [6, 6.07) is 7.26. The monoisotopic (exact) mass is 550 g/mol. The van der Waals surface area contributed by atoms with Crippen LogP contribution in [-0.2, 0) is 21.2 Å². The lowest BCUT2D eigenvalue weighted by Crippen LogP contribution is -2.24. The average molecular weight is 551 g/mol. The van der Waals surface area contributed by atoms with Crippen molar-refractivity contribution in [2.75, 3.05) is 17.0 Å². The van der Waals surface area contributed by atoms with Crippen LogP contribution in [0.25, 0.3) is 16.6 Å². The van der Waals surface area contributed by atoms with Crippen LogP contribution in [-0.4, -0.2) is 31.2 Å². The largest absolute Gasteiger partial charge is 0.455 e. The van der Waals surface area contributed by atoms with Gasteiger partial charge in [-0.1, -0.05) is 0 Å². The highest BCUT2D eigenvalue weighted by Gasteiger charge is 2.26. The number of aryl methyl sites for hydroxylation is 2. The molecule has 1 aliphatic rings. The van der Waals surface area contributed by atoms with Crippen molar-refractivity contribution in [1.82, 2.24) is 9.88 Å². The highest BCUT2D eigenvalue weighted by molar-refractivity contribution is 7.92. The molecule has 1 aromatic heterocycles. The first-order chi connectivity index (χ1) is 18.5. The zero-order valence-electron chi connectivity index (χ0n) is 21.9. The van der Waals surface area contributed by atoms with E-state index in [4.69, 9.17) is 11.3 Å². The molecule has 0 spiro atoms. The van der Waals surface area contributed by atoms with Gasteiger partial charge in [-0.2, -0.15) is 0 Å². The number of pyridine rings is 1. The summed E-state index contributed by atoms with van der Waals surface area (Å²) in [5, 5.41) is 2.72. The second-order valence-corrected chi connectivity index (χ2v) is 11.1. The Labute approximate surface area is 225 Å². The molecule has 0 atom stereocenters. The fourth-order valence-corrected chi connectivity index (χ4v) is 5.01. The Morgan fingerprint density at radius 2 is 1.87 bits per heavy atom. The lowest BCUT2D eigenvalue weighted by Gasteiger charge is -2.20. The van der Waals surface area contributed by atoms with Crippen molar-refractivity contribution in [3.63, 3.8) is 0 Å². The number of rotatable bonds is 8. The Morgan fingerprint density at radius 1 is 1.18 bits per heavy atom. The van der Waals surface area contributed by atoms with Gasteiger partial charge in [0.05, 0.1) is 29.4 Å². The standard InChI is InChI=1S/C28H27FN4O5S/c1-6-31-28(35)18-12-21-23(13-18)33(15-22(30-5)26(21)34)24-14-20(32-39(36,37)7-2)8-9-25(24)38-27-16(3)10-19(29)11-17(27)4/h8-11,13-15,32H,6-7,12H2,1-4H3,(H,31,35). The molecule has 39 heavy (non-hydrogen) atoms. The van der Waals surface area contributed by atoms with Crippen LogP contribution in [0.3, 0.4) is 0 Å². The third kappa shape index (κ3) is 5.56. The third-order valence-corrected chi connectivity index (χ3v) is 7.57. The first-order valence-corrected chi connectivity index (χ1v) is 13.9. The molecule has 0 radical (unpaired) electrons. The van der Waals surface area contributed by atoms with Crippen LogP contribution in [0.5, 0.6) is 11.5 Å². The van der Waals surface area contributed by atoms with Crippen molar-refractivity contribution in [2.24, 2.45) is 0 Å². The fourth-order valence-electron chi connectivity index (χ4n) is 4.38. The molecule has 0 unspecified atom stereocenters. The molecule has 3 aromatic rings. The Hall–Kier alpha value is -4.43. The highest BCUT2D eigenvalue weighted by atomic mass is 32.2. The van der Waals surface area contributed by atoms with Gasteiger partial charge < -0.3 is 19.4 Å². The topological polar surface area (TPSA) is 111 Å². The quantitative estimate of drug-likeness (QED) is 0.393. The molecule has 4 rings (SSSR count). The second-order valence-electron chi connectivity index (χ2n) is 9.05. The number of anilines is 1. The van der Waals surface area contributed by atoms with Crippen LogP contribution in [0.2, 0.25) is 0 Å². The van der Waals surface area contributed by atoms with Crippen molar-refractivity contribution < 1.29 is 22.3 Å². The molecule has 0 aliphatic heterocycles. The molecular weight excluding hydrogens is 523 g/mol. The Kier molecular flexibility index (Phi) is 7.60. The van der Waals surface area contributed by atoms with E-state index >= 15 is 0 Å². The Balaban J connectivity index is 1.98. The van der Waals surface area contributed by atoms with E-state index in [-0.39, 0.29) is 40.8 Å². The maximum atomic E-state index is 13.9. The summed E-state index contributed by atoms with van der Waals surface area (Å²) in [5.41, 5.74) is 1.97. The maximum Gasteiger partial charge on any atom is 0.249 e. The van der Waals surface area contributed by atoms with Crippen molar-refractivity contribution >= 4 is 33.4 Å². The number of carbonyl (C=O) groups is 1. The molecule has 2 aromatic carbocycles. The second kappa shape index (κ2) is 10.7. The van der Waals surface area contributed by atoms with Crippen molar-refractivity contribution in [2.45, 2.75) is 34.1 Å². The minimum Gasteiger partial charge on any atom is -0.455 e. The van der Waals surface area contributed by atoms with Gasteiger partial charge in [0.15, 0.2) is 11.2 Å². The number of halogens is 1. The molecular formula is C28H27FN4O5S. The number of sulfonamides is 1. The average Bonchev–Trinajstić information content (AvgIpc) is 3.33. The lowest BCUT2D eigenvalue weighted by molar-refractivity contribution is -0.117. The van der Waals surface area contributed by atoms with E-state index in [2.05, 4.69) is 14.9 Å². The third-order valence-electron chi connectivity index (χ3n) is 6.26. The van der Waals surface area contributed by atoms with E-state index in [1.54, 1.807) is 37.5 Å². The summed E-state index contributed by atoms with van der Waals surface area (Å²) >= 11 is 0. The molecule has 0 saturated carbocycles. The zero-order valence-corrected chi connectivity index (χ0v) is 22.7.